The van der Waals surface area contributed by atoms with Crippen molar-refractivity contribution in [3.63, 3.8) is 0 Å². The standard InChI is InChI=1S/C23H32ClN5O2/c1-16(2)14-29-18(4)19(17(3)26-29)13-23(31)28-11-9-27(10-12-28)15-22(30)25-21-8-6-5-7-20(21)24/h5-8,16H,9-15H2,1-4H3,(H,25,30). The van der Waals surface area contributed by atoms with Gasteiger partial charge in [-0.1, -0.05) is 37.6 Å². The number of anilines is 1. The van der Waals surface area contributed by atoms with Crippen LogP contribution in [-0.4, -0.2) is 64.1 Å². The molecule has 0 saturated carbocycles. The molecule has 1 saturated heterocycles. The highest BCUT2D eigenvalue weighted by Crippen LogP contribution is 2.20. The van der Waals surface area contributed by atoms with E-state index in [1.54, 1.807) is 12.1 Å². The van der Waals surface area contributed by atoms with E-state index in [-0.39, 0.29) is 18.4 Å². The summed E-state index contributed by atoms with van der Waals surface area (Å²) in [6.45, 7) is 12.1. The Labute approximate surface area is 189 Å². The lowest BCUT2D eigenvalue weighted by molar-refractivity contribution is -0.132. The third-order valence-corrected chi connectivity index (χ3v) is 5.97. The smallest absolute Gasteiger partial charge is 0.238 e. The summed E-state index contributed by atoms with van der Waals surface area (Å²) >= 11 is 6.10. The lowest BCUT2D eigenvalue weighted by Gasteiger charge is -2.34. The Hall–Kier alpha value is -2.38. The van der Waals surface area contributed by atoms with Crippen molar-refractivity contribution in [3.8, 4) is 0 Å². The first-order valence-corrected chi connectivity index (χ1v) is 11.2. The van der Waals surface area contributed by atoms with E-state index in [4.69, 9.17) is 11.6 Å². The van der Waals surface area contributed by atoms with Crippen LogP contribution in [0.4, 0.5) is 5.69 Å². The minimum absolute atomic E-state index is 0.100. The van der Waals surface area contributed by atoms with Crippen LogP contribution < -0.4 is 5.32 Å². The molecule has 3 rings (SSSR count). The summed E-state index contributed by atoms with van der Waals surface area (Å²) in [5.74, 6) is 0.525. The lowest BCUT2D eigenvalue weighted by atomic mass is 10.1. The SMILES string of the molecule is Cc1nn(CC(C)C)c(C)c1CC(=O)N1CCN(CC(=O)Nc2ccccc2Cl)CC1. The molecule has 2 amide bonds. The van der Waals surface area contributed by atoms with Crippen LogP contribution in [0.25, 0.3) is 0 Å². The zero-order valence-corrected chi connectivity index (χ0v) is 19.6. The van der Waals surface area contributed by atoms with Crippen molar-refractivity contribution in [2.45, 2.75) is 40.7 Å². The fourth-order valence-electron chi connectivity index (χ4n) is 3.89. The number of aryl methyl sites for hydroxylation is 1. The number of piperazine rings is 1. The Morgan fingerprint density at radius 2 is 1.81 bits per heavy atom. The van der Waals surface area contributed by atoms with Crippen LogP contribution in [0.5, 0.6) is 0 Å². The number of halogens is 1. The van der Waals surface area contributed by atoms with Crippen molar-refractivity contribution in [2.24, 2.45) is 5.92 Å². The third kappa shape index (κ3) is 6.08. The maximum atomic E-state index is 12.9. The van der Waals surface area contributed by atoms with Crippen molar-refractivity contribution in [2.75, 3.05) is 38.0 Å². The second-order valence-corrected chi connectivity index (χ2v) is 8.99. The number of carbonyl (C=O) groups excluding carboxylic acids is 2. The van der Waals surface area contributed by atoms with E-state index >= 15 is 0 Å². The van der Waals surface area contributed by atoms with Crippen LogP contribution in [-0.2, 0) is 22.6 Å². The van der Waals surface area contributed by atoms with Crippen LogP contribution in [0.1, 0.15) is 30.8 Å². The molecule has 0 bridgehead atoms. The molecule has 1 aliphatic rings. The molecule has 31 heavy (non-hydrogen) atoms. The molecular formula is C23H32ClN5O2. The molecule has 0 atom stereocenters. The number of nitrogens with zero attached hydrogens (tertiary/aromatic N) is 4. The molecule has 1 aliphatic heterocycles. The maximum absolute atomic E-state index is 12.9. The van der Waals surface area contributed by atoms with Gasteiger partial charge >= 0.3 is 0 Å². The van der Waals surface area contributed by atoms with Gasteiger partial charge in [0.1, 0.15) is 0 Å². The Morgan fingerprint density at radius 1 is 1.13 bits per heavy atom. The van der Waals surface area contributed by atoms with Crippen molar-refractivity contribution in [3.05, 3.63) is 46.2 Å². The summed E-state index contributed by atoms with van der Waals surface area (Å²) in [5.41, 5.74) is 3.66. The van der Waals surface area contributed by atoms with Gasteiger partial charge in [-0.25, -0.2) is 0 Å². The summed E-state index contributed by atoms with van der Waals surface area (Å²) in [7, 11) is 0. The average Bonchev–Trinajstić information content (AvgIpc) is 2.97. The number of benzene rings is 1. The normalized spacial score (nSPS) is 14.8. The van der Waals surface area contributed by atoms with E-state index < -0.39 is 0 Å². The minimum atomic E-state index is -0.100. The molecule has 1 aromatic carbocycles. The lowest BCUT2D eigenvalue weighted by Crippen LogP contribution is -2.50. The molecule has 0 radical (unpaired) electrons. The van der Waals surface area contributed by atoms with E-state index in [0.29, 0.717) is 49.2 Å². The predicted octanol–water partition coefficient (Wildman–Crippen LogP) is 3.13. The first kappa shape index (κ1) is 23.3. The number of para-hydroxylation sites is 1. The van der Waals surface area contributed by atoms with Crippen molar-refractivity contribution >= 4 is 29.1 Å². The molecule has 2 heterocycles. The van der Waals surface area contributed by atoms with Crippen LogP contribution in [0.3, 0.4) is 0 Å². The van der Waals surface area contributed by atoms with Crippen LogP contribution in [0.15, 0.2) is 24.3 Å². The predicted molar refractivity (Wildman–Crippen MR) is 123 cm³/mol. The van der Waals surface area contributed by atoms with Crippen molar-refractivity contribution in [1.29, 1.82) is 0 Å². The van der Waals surface area contributed by atoms with Crippen LogP contribution in [0.2, 0.25) is 5.02 Å². The van der Waals surface area contributed by atoms with E-state index in [1.165, 1.54) is 0 Å². The van der Waals surface area contributed by atoms with Gasteiger partial charge in [-0.15, -0.1) is 0 Å². The molecule has 7 nitrogen and oxygen atoms in total. The summed E-state index contributed by atoms with van der Waals surface area (Å²) in [6, 6.07) is 7.19. The number of hydrogen-bond donors (Lipinski definition) is 1. The first-order valence-electron chi connectivity index (χ1n) is 10.8. The fourth-order valence-corrected chi connectivity index (χ4v) is 4.07. The Morgan fingerprint density at radius 3 is 2.45 bits per heavy atom. The summed E-state index contributed by atoms with van der Waals surface area (Å²) in [4.78, 5) is 29.2. The van der Waals surface area contributed by atoms with Gasteiger partial charge in [0.15, 0.2) is 0 Å². The molecular weight excluding hydrogens is 414 g/mol. The van der Waals surface area contributed by atoms with Crippen LogP contribution in [0, 0.1) is 19.8 Å². The highest BCUT2D eigenvalue weighted by molar-refractivity contribution is 6.33. The van der Waals surface area contributed by atoms with Gasteiger partial charge in [0, 0.05) is 44.0 Å². The average molecular weight is 446 g/mol. The molecule has 0 spiro atoms. The van der Waals surface area contributed by atoms with Crippen LogP contribution >= 0.6 is 11.6 Å². The quantitative estimate of drug-likeness (QED) is 0.710. The molecule has 168 valence electrons. The highest BCUT2D eigenvalue weighted by atomic mass is 35.5. The molecule has 0 unspecified atom stereocenters. The molecule has 1 fully saturated rings. The second-order valence-electron chi connectivity index (χ2n) is 8.59. The molecule has 2 aromatic rings. The third-order valence-electron chi connectivity index (χ3n) is 5.64. The van der Waals surface area contributed by atoms with E-state index in [9.17, 15) is 9.59 Å². The summed E-state index contributed by atoms with van der Waals surface area (Å²) in [6.07, 6.45) is 0.378. The van der Waals surface area contributed by atoms with Gasteiger partial charge in [-0.3, -0.25) is 19.2 Å². The Kier molecular flexibility index (Phi) is 7.73. The number of carbonyl (C=O) groups is 2. The van der Waals surface area contributed by atoms with Gasteiger partial charge in [0.25, 0.3) is 0 Å². The molecule has 1 aromatic heterocycles. The number of aromatic nitrogens is 2. The van der Waals surface area contributed by atoms with Gasteiger partial charge in [0.05, 0.1) is 29.4 Å². The monoisotopic (exact) mass is 445 g/mol. The molecule has 0 aliphatic carbocycles. The van der Waals surface area contributed by atoms with Gasteiger partial charge in [-0.05, 0) is 31.9 Å². The van der Waals surface area contributed by atoms with E-state index in [0.717, 1.165) is 23.5 Å². The summed E-state index contributed by atoms with van der Waals surface area (Å²) in [5, 5.41) is 7.99. The topological polar surface area (TPSA) is 70.5 Å². The van der Waals surface area contributed by atoms with Gasteiger partial charge in [-0.2, -0.15) is 5.10 Å². The maximum Gasteiger partial charge on any atom is 0.238 e. The van der Waals surface area contributed by atoms with E-state index in [1.807, 2.05) is 35.6 Å². The fraction of sp³-hybridized carbons (Fsp3) is 0.522. The Balaban J connectivity index is 1.49. The van der Waals surface area contributed by atoms with Crippen molar-refractivity contribution < 1.29 is 9.59 Å². The second kappa shape index (κ2) is 10.3. The van der Waals surface area contributed by atoms with E-state index in [2.05, 4.69) is 29.2 Å². The number of hydrogen-bond acceptors (Lipinski definition) is 4. The molecule has 1 N–H and O–H groups in total. The minimum Gasteiger partial charge on any atom is -0.340 e. The zero-order chi connectivity index (χ0) is 22.5. The first-order chi connectivity index (χ1) is 14.7. The number of nitrogens with one attached hydrogen (secondary N) is 1. The number of rotatable bonds is 7. The molecule has 8 heteroatoms. The number of amides is 2. The van der Waals surface area contributed by atoms with Gasteiger partial charge in [0.2, 0.25) is 11.8 Å². The zero-order valence-electron chi connectivity index (χ0n) is 18.8. The largest absolute Gasteiger partial charge is 0.340 e. The van der Waals surface area contributed by atoms with Gasteiger partial charge < -0.3 is 10.2 Å². The summed E-state index contributed by atoms with van der Waals surface area (Å²) < 4.78 is 2.01. The Bertz CT molecular complexity index is 932. The highest BCUT2D eigenvalue weighted by Gasteiger charge is 2.24. The van der Waals surface area contributed by atoms with Crippen molar-refractivity contribution in [1.82, 2.24) is 19.6 Å².